The van der Waals surface area contributed by atoms with Gasteiger partial charge >= 0.3 is 36.4 Å². The lowest BCUT2D eigenvalue weighted by Gasteiger charge is -2.19. The van der Waals surface area contributed by atoms with Gasteiger partial charge in [0.15, 0.2) is 0 Å². The highest BCUT2D eigenvalue weighted by Crippen LogP contribution is 2.34. The van der Waals surface area contributed by atoms with Gasteiger partial charge in [-0.05, 0) is 26.0 Å². The Morgan fingerprint density at radius 2 is 1.38 bits per heavy atom. The van der Waals surface area contributed by atoms with Crippen molar-refractivity contribution < 1.29 is 78.7 Å². The van der Waals surface area contributed by atoms with E-state index in [0.717, 1.165) is 50.0 Å². The van der Waals surface area contributed by atoms with Gasteiger partial charge in [-0.2, -0.15) is 39.5 Å². The van der Waals surface area contributed by atoms with Crippen LogP contribution in [-0.4, -0.2) is 99.0 Å². The first-order valence-electron chi connectivity index (χ1n) is 12.4. The number of H-pyrrole nitrogens is 1. The number of alkyl halides is 9. The summed E-state index contributed by atoms with van der Waals surface area (Å²) < 4.78 is 107. The third kappa shape index (κ3) is 14.5. The number of pyridine rings is 1. The van der Waals surface area contributed by atoms with Gasteiger partial charge in [0.1, 0.15) is 5.75 Å². The summed E-state index contributed by atoms with van der Waals surface area (Å²) in [7, 11) is 0. The quantitative estimate of drug-likeness (QED) is 0.335. The standard InChI is InChI=1S/C19H25N3O2.3C2HF3O2/c1-13-6-17(7-14(2)21-13)23-11-15-12-24-19-10-22(9-18(15)19)8-16-4-3-5-20-16;3*3-2(4,5)1(6)7/h3-7,15,18-20H,8-12H2,1-2H3;3*(H,6,7)/t15-,18+,19+;;;/m0.../s1. The number of carboxylic acid groups (broad SMARTS) is 3. The lowest BCUT2D eigenvalue weighted by molar-refractivity contribution is -0.193. The van der Waals surface area contributed by atoms with Crippen LogP contribution >= 0.6 is 0 Å². The van der Waals surface area contributed by atoms with E-state index in [-0.39, 0.29) is 0 Å². The van der Waals surface area contributed by atoms with Crippen molar-refractivity contribution in [1.29, 1.82) is 0 Å². The fourth-order valence-electron chi connectivity index (χ4n) is 3.97. The molecule has 0 bridgehead atoms. The molecule has 11 nitrogen and oxygen atoms in total. The van der Waals surface area contributed by atoms with Crippen LogP contribution in [0.15, 0.2) is 30.5 Å². The SMILES string of the molecule is Cc1cc(OC[C@H]2CO[C@@H]3CN(Cc4ccc[nH]4)C[C@H]23)cc(C)n1.O=C(O)C(F)(F)F.O=C(O)C(F)(F)F.O=C(O)C(F)(F)F. The van der Waals surface area contributed by atoms with E-state index in [4.69, 9.17) is 39.2 Å². The monoisotopic (exact) mass is 669 g/mol. The molecule has 0 unspecified atom stereocenters. The third-order valence-electron chi connectivity index (χ3n) is 5.82. The average Bonchev–Trinajstić information content (AvgIpc) is 3.60. The van der Waals surface area contributed by atoms with Gasteiger partial charge < -0.3 is 29.8 Å². The smallest absolute Gasteiger partial charge is 0.490 e. The summed E-state index contributed by atoms with van der Waals surface area (Å²) >= 11 is 0. The van der Waals surface area contributed by atoms with Crippen LogP contribution in [-0.2, 0) is 25.7 Å². The number of aryl methyl sites for hydroxylation is 2. The molecule has 2 aromatic rings. The number of ether oxygens (including phenoxy) is 2. The van der Waals surface area contributed by atoms with Gasteiger partial charge in [-0.15, -0.1) is 0 Å². The molecule has 0 amide bonds. The fraction of sp³-hybridized carbons (Fsp3) is 0.520. The summed E-state index contributed by atoms with van der Waals surface area (Å²) in [6, 6.07) is 8.21. The Morgan fingerprint density at radius 1 is 0.911 bits per heavy atom. The van der Waals surface area contributed by atoms with Gasteiger partial charge in [-0.1, -0.05) is 0 Å². The van der Waals surface area contributed by atoms with Crippen molar-refractivity contribution in [3.63, 3.8) is 0 Å². The maximum absolute atomic E-state index is 10.6. The normalized spacial score (nSPS) is 19.5. The Labute approximate surface area is 248 Å². The maximum atomic E-state index is 10.6. The molecule has 2 aliphatic heterocycles. The minimum atomic E-state index is -5.08. The predicted octanol–water partition coefficient (Wildman–Crippen LogP) is 4.45. The minimum Gasteiger partial charge on any atom is -0.493 e. The van der Waals surface area contributed by atoms with Gasteiger partial charge in [-0.25, -0.2) is 14.4 Å². The molecule has 4 N–H and O–H groups in total. The number of carbonyl (C=O) groups is 3. The molecule has 0 radical (unpaired) electrons. The van der Waals surface area contributed by atoms with Crippen molar-refractivity contribution in [1.82, 2.24) is 14.9 Å². The highest BCUT2D eigenvalue weighted by atomic mass is 19.4. The molecule has 0 saturated carbocycles. The second kappa shape index (κ2) is 16.3. The Kier molecular flexibility index (Phi) is 14.1. The van der Waals surface area contributed by atoms with E-state index in [1.165, 1.54) is 5.69 Å². The van der Waals surface area contributed by atoms with Crippen LogP contribution in [0.2, 0.25) is 0 Å². The number of likely N-dealkylation sites (tertiary alicyclic amines) is 1. The first-order valence-corrected chi connectivity index (χ1v) is 12.4. The molecule has 2 fully saturated rings. The highest BCUT2D eigenvalue weighted by Gasteiger charge is 2.44. The van der Waals surface area contributed by atoms with Crippen LogP contribution < -0.4 is 4.74 Å². The van der Waals surface area contributed by atoms with E-state index >= 15 is 0 Å². The lowest BCUT2D eigenvalue weighted by atomic mass is 9.94. The molecule has 0 aliphatic carbocycles. The van der Waals surface area contributed by atoms with Crippen molar-refractivity contribution in [2.24, 2.45) is 11.8 Å². The van der Waals surface area contributed by atoms with Gasteiger partial charge in [0.05, 0.1) is 19.3 Å². The predicted molar refractivity (Wildman–Crippen MR) is 133 cm³/mol. The molecular formula is C25H28F9N3O8. The van der Waals surface area contributed by atoms with Gasteiger partial charge in [0.2, 0.25) is 0 Å². The number of carboxylic acids is 3. The average molecular weight is 669 g/mol. The van der Waals surface area contributed by atoms with Crippen molar-refractivity contribution in [2.75, 3.05) is 26.3 Å². The molecule has 4 rings (SSSR count). The van der Waals surface area contributed by atoms with Crippen LogP contribution in [0.5, 0.6) is 5.75 Å². The molecule has 3 atom stereocenters. The largest absolute Gasteiger partial charge is 0.493 e. The van der Waals surface area contributed by atoms with E-state index in [1.54, 1.807) is 0 Å². The molecule has 2 aromatic heterocycles. The number of nitrogens with zero attached hydrogens (tertiary/aromatic N) is 2. The van der Waals surface area contributed by atoms with Crippen LogP contribution in [0.1, 0.15) is 17.1 Å². The van der Waals surface area contributed by atoms with Gasteiger partial charge in [0, 0.05) is 66.9 Å². The van der Waals surface area contributed by atoms with E-state index in [9.17, 15) is 39.5 Å². The molecule has 2 aliphatic rings. The van der Waals surface area contributed by atoms with Gasteiger partial charge in [0.25, 0.3) is 0 Å². The topological polar surface area (TPSA) is 162 Å². The molecule has 0 spiro atoms. The second-order valence-corrected chi connectivity index (χ2v) is 9.49. The molecule has 45 heavy (non-hydrogen) atoms. The molecule has 254 valence electrons. The van der Waals surface area contributed by atoms with Crippen molar-refractivity contribution in [3.05, 3.63) is 47.5 Å². The highest BCUT2D eigenvalue weighted by molar-refractivity contribution is 5.73. The summed E-state index contributed by atoms with van der Waals surface area (Å²) in [6.07, 6.45) is -12.9. The lowest BCUT2D eigenvalue weighted by Crippen LogP contribution is -2.26. The Hall–Kier alpha value is -4.07. The summed E-state index contributed by atoms with van der Waals surface area (Å²) in [5.74, 6) is -6.31. The number of hydrogen-bond donors (Lipinski definition) is 4. The molecule has 2 saturated heterocycles. The van der Waals surface area contributed by atoms with E-state index in [0.29, 0.717) is 17.9 Å². The molecule has 20 heteroatoms. The molecular weight excluding hydrogens is 641 g/mol. The maximum Gasteiger partial charge on any atom is 0.490 e. The molecule has 0 aromatic carbocycles. The first kappa shape index (κ1) is 39.0. The Morgan fingerprint density at radius 3 is 1.78 bits per heavy atom. The van der Waals surface area contributed by atoms with Crippen molar-refractivity contribution in [2.45, 2.75) is 45.0 Å². The number of aliphatic carboxylic acids is 3. The Bertz CT molecular complexity index is 1170. The number of halogens is 9. The van der Waals surface area contributed by atoms with E-state index in [1.807, 2.05) is 32.2 Å². The van der Waals surface area contributed by atoms with Crippen molar-refractivity contribution >= 4 is 17.9 Å². The van der Waals surface area contributed by atoms with Crippen LogP contribution in [0, 0.1) is 25.7 Å². The van der Waals surface area contributed by atoms with Crippen LogP contribution in [0.3, 0.4) is 0 Å². The summed E-state index contributed by atoms with van der Waals surface area (Å²) in [5, 5.41) is 21.4. The minimum absolute atomic E-state index is 0.356. The summed E-state index contributed by atoms with van der Waals surface area (Å²) in [4.78, 5) is 36.9. The van der Waals surface area contributed by atoms with E-state index in [2.05, 4.69) is 27.0 Å². The first-order chi connectivity index (χ1) is 20.5. The number of fused-ring (bicyclic) bond motifs is 1. The van der Waals surface area contributed by atoms with Crippen LogP contribution in [0.4, 0.5) is 39.5 Å². The Balaban J connectivity index is 0.000000396. The second-order valence-electron chi connectivity index (χ2n) is 9.49. The van der Waals surface area contributed by atoms with E-state index < -0.39 is 36.4 Å². The third-order valence-corrected chi connectivity index (χ3v) is 5.82. The zero-order chi connectivity index (χ0) is 34.8. The number of aromatic amines is 1. The molecule has 4 heterocycles. The number of aromatic nitrogens is 2. The number of hydrogen-bond acceptors (Lipinski definition) is 7. The van der Waals surface area contributed by atoms with Crippen LogP contribution in [0.25, 0.3) is 0 Å². The number of rotatable bonds is 5. The summed E-state index contributed by atoms with van der Waals surface area (Å²) in [5.41, 5.74) is 3.28. The zero-order valence-corrected chi connectivity index (χ0v) is 23.3. The summed E-state index contributed by atoms with van der Waals surface area (Å²) in [6.45, 7) is 8.63. The zero-order valence-electron chi connectivity index (χ0n) is 23.3. The fourth-order valence-corrected chi connectivity index (χ4v) is 3.97. The van der Waals surface area contributed by atoms with Crippen molar-refractivity contribution in [3.8, 4) is 5.75 Å². The number of nitrogens with one attached hydrogen (secondary N) is 1. The van der Waals surface area contributed by atoms with Gasteiger partial charge in [-0.3, -0.25) is 9.88 Å².